The molecule has 0 radical (unpaired) electrons. The van der Waals surface area contributed by atoms with Gasteiger partial charge in [-0.05, 0) is 18.6 Å². The lowest BCUT2D eigenvalue weighted by atomic mass is 10.1. The number of primary amides is 1. The number of carbonyl (C=O) groups excluding carboxylic acids is 2. The Morgan fingerprint density at radius 1 is 1.42 bits per heavy atom. The molecule has 1 fully saturated rings. The fourth-order valence-corrected chi connectivity index (χ4v) is 3.66. The Balaban J connectivity index is 2.34. The van der Waals surface area contributed by atoms with Gasteiger partial charge in [0.25, 0.3) is 11.6 Å². The SMILES string of the molecule is NC(=O)CCC(C(=O)O)N1C(=O)/C(=C/c2ccccc2[N+](=O)[O-])SC1=S. The first-order valence-corrected chi connectivity index (χ1v) is 8.46. The van der Waals surface area contributed by atoms with E-state index >= 15 is 0 Å². The number of hydrogen-bond acceptors (Lipinski definition) is 7. The van der Waals surface area contributed by atoms with Crippen LogP contribution in [0.25, 0.3) is 6.08 Å². The Bertz CT molecular complexity index is 838. The number of carboxylic acids is 1. The fourth-order valence-electron chi connectivity index (χ4n) is 2.31. The van der Waals surface area contributed by atoms with Gasteiger partial charge in [-0.15, -0.1) is 0 Å². The number of benzene rings is 1. The number of para-hydroxylation sites is 1. The van der Waals surface area contributed by atoms with Crippen LogP contribution in [0.2, 0.25) is 0 Å². The van der Waals surface area contributed by atoms with E-state index in [9.17, 15) is 29.6 Å². The molecule has 1 aromatic carbocycles. The minimum absolute atomic E-state index is 0.00305. The normalized spacial score (nSPS) is 16.8. The molecule has 136 valence electrons. The van der Waals surface area contributed by atoms with Gasteiger partial charge in [0.2, 0.25) is 5.91 Å². The van der Waals surface area contributed by atoms with Crippen molar-refractivity contribution in [2.75, 3.05) is 0 Å². The highest BCUT2D eigenvalue weighted by Gasteiger charge is 2.40. The first-order chi connectivity index (χ1) is 12.2. The third-order valence-electron chi connectivity index (χ3n) is 3.50. The maximum absolute atomic E-state index is 12.6. The summed E-state index contributed by atoms with van der Waals surface area (Å²) < 4.78 is -0.00305. The van der Waals surface area contributed by atoms with Crippen molar-refractivity contribution in [3.63, 3.8) is 0 Å². The molecule has 1 heterocycles. The molecule has 1 unspecified atom stereocenters. The molecule has 0 bridgehead atoms. The van der Waals surface area contributed by atoms with Crippen LogP contribution in [0.1, 0.15) is 18.4 Å². The molecular formula is C15H13N3O6S2. The molecule has 1 aromatic rings. The number of carbonyl (C=O) groups is 3. The lowest BCUT2D eigenvalue weighted by Gasteiger charge is -2.22. The minimum Gasteiger partial charge on any atom is -0.480 e. The second kappa shape index (κ2) is 8.06. The number of nitrogens with two attached hydrogens (primary N) is 1. The molecular weight excluding hydrogens is 382 g/mol. The van der Waals surface area contributed by atoms with Gasteiger partial charge in [0, 0.05) is 12.5 Å². The van der Waals surface area contributed by atoms with Crippen LogP contribution in [-0.2, 0) is 14.4 Å². The summed E-state index contributed by atoms with van der Waals surface area (Å²) in [5, 5.41) is 20.4. The van der Waals surface area contributed by atoms with Crippen molar-refractivity contribution < 1.29 is 24.4 Å². The van der Waals surface area contributed by atoms with E-state index < -0.39 is 28.7 Å². The van der Waals surface area contributed by atoms with Crippen molar-refractivity contribution in [2.45, 2.75) is 18.9 Å². The molecule has 9 nitrogen and oxygen atoms in total. The summed E-state index contributed by atoms with van der Waals surface area (Å²) in [5.41, 5.74) is 5.04. The molecule has 2 amide bonds. The zero-order chi connectivity index (χ0) is 19.4. The minimum atomic E-state index is -1.34. The van der Waals surface area contributed by atoms with Gasteiger partial charge in [-0.25, -0.2) is 4.79 Å². The second-order valence-corrected chi connectivity index (χ2v) is 6.90. The number of nitro groups is 1. The van der Waals surface area contributed by atoms with Crippen LogP contribution in [0.3, 0.4) is 0 Å². The lowest BCUT2D eigenvalue weighted by molar-refractivity contribution is -0.385. The molecule has 0 saturated carbocycles. The highest BCUT2D eigenvalue weighted by molar-refractivity contribution is 8.26. The predicted molar refractivity (Wildman–Crippen MR) is 98.0 cm³/mol. The third kappa shape index (κ3) is 4.24. The number of nitro benzene ring substituents is 1. The third-order valence-corrected chi connectivity index (χ3v) is 4.83. The molecule has 1 aliphatic heterocycles. The summed E-state index contributed by atoms with van der Waals surface area (Å²) in [7, 11) is 0. The summed E-state index contributed by atoms with van der Waals surface area (Å²) in [4.78, 5) is 46.4. The van der Waals surface area contributed by atoms with Crippen molar-refractivity contribution in [3.8, 4) is 0 Å². The number of rotatable bonds is 7. The summed E-state index contributed by atoms with van der Waals surface area (Å²) in [6.45, 7) is 0. The molecule has 26 heavy (non-hydrogen) atoms. The molecule has 3 N–H and O–H groups in total. The first kappa shape index (κ1) is 19.5. The molecule has 2 rings (SSSR count). The van der Waals surface area contributed by atoms with Crippen molar-refractivity contribution in [2.24, 2.45) is 5.73 Å². The largest absolute Gasteiger partial charge is 0.480 e. The van der Waals surface area contributed by atoms with Gasteiger partial charge in [-0.2, -0.15) is 0 Å². The van der Waals surface area contributed by atoms with Gasteiger partial charge in [0.05, 0.1) is 15.4 Å². The zero-order valence-electron chi connectivity index (χ0n) is 13.2. The van der Waals surface area contributed by atoms with Crippen molar-refractivity contribution in [1.82, 2.24) is 4.90 Å². The van der Waals surface area contributed by atoms with Crippen LogP contribution < -0.4 is 5.73 Å². The Labute approximate surface area is 157 Å². The molecule has 1 aliphatic rings. The Morgan fingerprint density at radius 3 is 2.65 bits per heavy atom. The van der Waals surface area contributed by atoms with Crippen molar-refractivity contribution in [3.05, 3.63) is 44.8 Å². The monoisotopic (exact) mass is 395 g/mol. The van der Waals surface area contributed by atoms with E-state index in [1.165, 1.54) is 24.3 Å². The predicted octanol–water partition coefficient (Wildman–Crippen LogP) is 1.51. The first-order valence-electron chi connectivity index (χ1n) is 7.24. The van der Waals surface area contributed by atoms with E-state index in [2.05, 4.69) is 0 Å². The molecule has 1 atom stereocenters. The number of thiocarbonyl (C=S) groups is 1. The average molecular weight is 395 g/mol. The van der Waals surface area contributed by atoms with Gasteiger partial charge in [0.1, 0.15) is 10.4 Å². The van der Waals surface area contributed by atoms with Crippen LogP contribution in [-0.4, -0.2) is 43.1 Å². The zero-order valence-corrected chi connectivity index (χ0v) is 14.8. The van der Waals surface area contributed by atoms with Crippen LogP contribution in [0.4, 0.5) is 5.69 Å². The standard InChI is InChI=1S/C15H13N3O6S2/c16-12(19)6-5-10(14(21)22)17-13(20)11(26-15(17)25)7-8-3-1-2-4-9(8)18(23)24/h1-4,7,10H,5-6H2,(H2,16,19)(H,21,22)/b11-7-. The van der Waals surface area contributed by atoms with Gasteiger partial charge < -0.3 is 10.8 Å². The highest BCUT2D eigenvalue weighted by atomic mass is 32.2. The maximum Gasteiger partial charge on any atom is 0.326 e. The Kier molecular flexibility index (Phi) is 6.05. The molecule has 1 saturated heterocycles. The van der Waals surface area contributed by atoms with Crippen molar-refractivity contribution >= 4 is 57.8 Å². The average Bonchev–Trinajstić information content (AvgIpc) is 2.82. The maximum atomic E-state index is 12.6. The second-order valence-electron chi connectivity index (χ2n) is 5.23. The molecule has 0 aromatic heterocycles. The highest BCUT2D eigenvalue weighted by Crippen LogP contribution is 2.36. The summed E-state index contributed by atoms with van der Waals surface area (Å²) in [6.07, 6.45) is 0.886. The van der Waals surface area contributed by atoms with Crippen molar-refractivity contribution in [1.29, 1.82) is 0 Å². The number of hydrogen-bond donors (Lipinski definition) is 2. The topological polar surface area (TPSA) is 144 Å². The number of aliphatic carboxylic acids is 1. The van der Waals surface area contributed by atoms with E-state index in [1.54, 1.807) is 6.07 Å². The van der Waals surface area contributed by atoms with E-state index in [0.29, 0.717) is 0 Å². The number of thioether (sulfide) groups is 1. The number of amides is 2. The lowest BCUT2D eigenvalue weighted by Crippen LogP contribution is -2.44. The van der Waals surface area contributed by atoms with E-state index in [0.717, 1.165) is 16.7 Å². The van der Waals surface area contributed by atoms with Crippen LogP contribution in [0.15, 0.2) is 29.2 Å². The van der Waals surface area contributed by atoms with E-state index in [-0.39, 0.29) is 33.3 Å². The van der Waals surface area contributed by atoms with Crippen LogP contribution >= 0.6 is 24.0 Å². The van der Waals surface area contributed by atoms with E-state index in [4.69, 9.17) is 18.0 Å². The fraction of sp³-hybridized carbons (Fsp3) is 0.200. The smallest absolute Gasteiger partial charge is 0.326 e. The Morgan fingerprint density at radius 2 is 2.08 bits per heavy atom. The van der Waals surface area contributed by atoms with Gasteiger partial charge >= 0.3 is 5.97 Å². The molecule has 0 aliphatic carbocycles. The molecule has 11 heteroatoms. The Hall–Kier alpha value is -2.79. The van der Waals surface area contributed by atoms with Crippen LogP contribution in [0.5, 0.6) is 0 Å². The quantitative estimate of drug-likeness (QED) is 0.306. The summed E-state index contributed by atoms with van der Waals surface area (Å²) in [5.74, 6) is -2.71. The molecule has 0 spiro atoms. The van der Waals surface area contributed by atoms with Gasteiger partial charge in [0.15, 0.2) is 0 Å². The summed E-state index contributed by atoms with van der Waals surface area (Å²) in [6, 6.07) is 4.48. The van der Waals surface area contributed by atoms with E-state index in [1.807, 2.05) is 0 Å². The van der Waals surface area contributed by atoms with Gasteiger partial charge in [-0.1, -0.05) is 36.1 Å². The number of carboxylic acid groups (broad SMARTS) is 1. The summed E-state index contributed by atoms with van der Waals surface area (Å²) >= 11 is 5.93. The van der Waals surface area contributed by atoms with Gasteiger partial charge in [-0.3, -0.25) is 24.6 Å². The van der Waals surface area contributed by atoms with Crippen LogP contribution in [0, 0.1) is 10.1 Å². The number of nitrogens with zero attached hydrogens (tertiary/aromatic N) is 2.